The van der Waals surface area contributed by atoms with Crippen molar-refractivity contribution in [3.8, 4) is 0 Å². The van der Waals surface area contributed by atoms with E-state index in [1.807, 2.05) is 0 Å². The summed E-state index contributed by atoms with van der Waals surface area (Å²) in [7, 11) is 0. The van der Waals surface area contributed by atoms with Crippen LogP contribution in [0.3, 0.4) is 0 Å². The quantitative estimate of drug-likeness (QED) is 0.688. The maximum atomic E-state index is 2.81. The molecule has 114 valence electrons. The van der Waals surface area contributed by atoms with Crippen molar-refractivity contribution in [1.82, 2.24) is 4.90 Å². The molecule has 2 heterocycles. The summed E-state index contributed by atoms with van der Waals surface area (Å²) < 4.78 is 0. The summed E-state index contributed by atoms with van der Waals surface area (Å²) in [5, 5.41) is 0. The fourth-order valence-electron chi connectivity index (χ4n) is 6.16. The minimum atomic E-state index is 0.321. The van der Waals surface area contributed by atoms with Gasteiger partial charge in [0.05, 0.1) is 0 Å². The summed E-state index contributed by atoms with van der Waals surface area (Å²) >= 11 is 0. The zero-order valence-corrected chi connectivity index (χ0v) is 14.2. The van der Waals surface area contributed by atoms with Crippen LogP contribution in [0.25, 0.3) is 0 Å². The van der Waals surface area contributed by atoms with Gasteiger partial charge in [0.25, 0.3) is 0 Å². The van der Waals surface area contributed by atoms with Gasteiger partial charge in [0, 0.05) is 18.0 Å². The molecule has 1 heteroatoms. The van der Waals surface area contributed by atoms with E-state index in [0.717, 1.165) is 12.0 Å². The van der Waals surface area contributed by atoms with Crippen LogP contribution in [-0.4, -0.2) is 24.0 Å². The Balaban J connectivity index is 2.00. The van der Waals surface area contributed by atoms with Gasteiger partial charge in [-0.25, -0.2) is 0 Å². The number of piperidine rings is 2. The monoisotopic (exact) mass is 283 g/mol. The minimum absolute atomic E-state index is 0.321. The number of nitrogens with zero attached hydrogens (tertiary/aromatic N) is 1. The zero-order chi connectivity index (χ0) is 15.0. The highest BCUT2D eigenvalue weighted by Crippen LogP contribution is 2.67. The lowest BCUT2D eigenvalue weighted by molar-refractivity contribution is -0.186. The molecule has 1 aromatic rings. The molecule has 1 nitrogen and oxygen atoms in total. The van der Waals surface area contributed by atoms with Gasteiger partial charge in [-0.15, -0.1) is 0 Å². The van der Waals surface area contributed by atoms with Crippen molar-refractivity contribution in [3.05, 3.63) is 35.4 Å². The van der Waals surface area contributed by atoms with Crippen LogP contribution in [0.2, 0.25) is 0 Å². The second kappa shape index (κ2) is 3.93. The maximum absolute atomic E-state index is 2.81. The number of fused-ring (bicyclic) bond motifs is 2. The molecule has 5 unspecified atom stereocenters. The van der Waals surface area contributed by atoms with Crippen molar-refractivity contribution in [2.24, 2.45) is 16.7 Å². The van der Waals surface area contributed by atoms with Gasteiger partial charge < -0.3 is 0 Å². The third kappa shape index (κ3) is 1.37. The van der Waals surface area contributed by atoms with Gasteiger partial charge in [0.15, 0.2) is 0 Å². The van der Waals surface area contributed by atoms with E-state index in [4.69, 9.17) is 0 Å². The molecule has 2 saturated heterocycles. The lowest BCUT2D eigenvalue weighted by Crippen LogP contribution is -2.74. The summed E-state index contributed by atoms with van der Waals surface area (Å²) in [6.45, 7) is 15.3. The molecule has 0 N–H and O–H groups in total. The molecule has 4 rings (SSSR count). The van der Waals surface area contributed by atoms with Gasteiger partial charge in [-0.2, -0.15) is 0 Å². The van der Waals surface area contributed by atoms with Gasteiger partial charge in [-0.05, 0) is 47.3 Å². The fraction of sp³-hybridized carbons (Fsp3) is 0.700. The van der Waals surface area contributed by atoms with Crippen LogP contribution in [0.15, 0.2) is 24.3 Å². The molecule has 0 radical (unpaired) electrons. The van der Waals surface area contributed by atoms with Gasteiger partial charge in [-0.1, -0.05) is 58.9 Å². The van der Waals surface area contributed by atoms with E-state index in [2.05, 4.69) is 63.8 Å². The number of rotatable bonds is 0. The fourth-order valence-corrected chi connectivity index (χ4v) is 6.16. The molecule has 5 atom stereocenters. The lowest BCUT2D eigenvalue weighted by atomic mass is 9.39. The first kappa shape index (κ1) is 13.8. The molecule has 1 aromatic carbocycles. The number of hydrogen-bond acceptors (Lipinski definition) is 1. The summed E-state index contributed by atoms with van der Waals surface area (Å²) in [6.07, 6.45) is 2.56. The molecule has 0 saturated carbocycles. The molecule has 3 aliphatic rings. The average molecular weight is 283 g/mol. The Bertz CT molecular complexity index is 589. The largest absolute Gasteiger partial charge is 0.299 e. The average Bonchev–Trinajstić information content (AvgIpc) is 2.44. The molecule has 2 fully saturated rings. The van der Waals surface area contributed by atoms with Crippen LogP contribution in [0.1, 0.15) is 52.2 Å². The predicted molar refractivity (Wildman–Crippen MR) is 88.5 cm³/mol. The Labute approximate surface area is 129 Å². The zero-order valence-electron chi connectivity index (χ0n) is 14.2. The highest BCUT2D eigenvalue weighted by Gasteiger charge is 2.67. The minimum Gasteiger partial charge on any atom is -0.299 e. The van der Waals surface area contributed by atoms with E-state index in [1.54, 1.807) is 11.1 Å². The first-order valence-corrected chi connectivity index (χ1v) is 8.65. The Kier molecular flexibility index (Phi) is 2.58. The number of hydrogen-bond donors (Lipinski definition) is 0. The van der Waals surface area contributed by atoms with Gasteiger partial charge >= 0.3 is 0 Å². The lowest BCUT2D eigenvalue weighted by Gasteiger charge is -2.72. The highest BCUT2D eigenvalue weighted by molar-refractivity contribution is 5.43. The van der Waals surface area contributed by atoms with Crippen molar-refractivity contribution >= 4 is 0 Å². The van der Waals surface area contributed by atoms with Crippen LogP contribution >= 0.6 is 0 Å². The van der Waals surface area contributed by atoms with E-state index < -0.39 is 0 Å². The highest BCUT2D eigenvalue weighted by atomic mass is 15.2. The third-order valence-corrected chi connectivity index (χ3v) is 8.26. The second-order valence-corrected chi connectivity index (χ2v) is 8.78. The Hall–Kier alpha value is -0.820. The third-order valence-electron chi connectivity index (χ3n) is 8.26. The van der Waals surface area contributed by atoms with Crippen LogP contribution in [0.5, 0.6) is 0 Å². The molecular formula is C20H29N. The first-order valence-electron chi connectivity index (χ1n) is 8.65. The molecule has 4 bridgehead atoms. The van der Waals surface area contributed by atoms with Crippen LogP contribution < -0.4 is 0 Å². The molecule has 0 spiro atoms. The predicted octanol–water partition coefficient (Wildman–Crippen LogP) is 4.26. The topological polar surface area (TPSA) is 3.24 Å². The Morgan fingerprint density at radius 3 is 2.57 bits per heavy atom. The smallest absolute Gasteiger partial charge is 0.0203 e. The van der Waals surface area contributed by atoms with Crippen LogP contribution in [0.4, 0.5) is 0 Å². The standard InChI is InChI=1S/C20H29N/c1-14-13-21-11-10-19(4)16-9-7-6-8-15(16)12-17(21)20(19,5)18(14,2)3/h6-9,14,17H,10-13H2,1-5H3. The summed E-state index contributed by atoms with van der Waals surface area (Å²) in [6, 6.07) is 9.99. The molecule has 2 aliphatic heterocycles. The Morgan fingerprint density at radius 1 is 1.10 bits per heavy atom. The summed E-state index contributed by atoms with van der Waals surface area (Å²) in [5.41, 5.74) is 4.32. The summed E-state index contributed by atoms with van der Waals surface area (Å²) in [4.78, 5) is 2.81. The van der Waals surface area contributed by atoms with E-state index in [-0.39, 0.29) is 0 Å². The van der Waals surface area contributed by atoms with Crippen LogP contribution in [-0.2, 0) is 11.8 Å². The maximum Gasteiger partial charge on any atom is 0.0203 e. The first-order chi connectivity index (χ1) is 9.82. The molecular weight excluding hydrogens is 254 g/mol. The van der Waals surface area contributed by atoms with Crippen molar-refractivity contribution in [2.75, 3.05) is 13.1 Å². The molecule has 1 aliphatic carbocycles. The van der Waals surface area contributed by atoms with Crippen LogP contribution in [0, 0.1) is 16.7 Å². The number of benzene rings is 1. The normalized spacial score (nSPS) is 46.8. The second-order valence-electron chi connectivity index (χ2n) is 8.78. The summed E-state index contributed by atoms with van der Waals surface area (Å²) in [5.74, 6) is 0.767. The van der Waals surface area contributed by atoms with Gasteiger partial charge in [-0.3, -0.25) is 4.90 Å². The van der Waals surface area contributed by atoms with Crippen molar-refractivity contribution in [2.45, 2.75) is 58.9 Å². The van der Waals surface area contributed by atoms with Crippen molar-refractivity contribution in [3.63, 3.8) is 0 Å². The van der Waals surface area contributed by atoms with Gasteiger partial charge in [0.2, 0.25) is 0 Å². The van der Waals surface area contributed by atoms with E-state index in [0.29, 0.717) is 16.2 Å². The van der Waals surface area contributed by atoms with E-state index in [1.165, 1.54) is 25.9 Å². The van der Waals surface area contributed by atoms with E-state index in [9.17, 15) is 0 Å². The molecule has 0 aromatic heterocycles. The van der Waals surface area contributed by atoms with Crippen molar-refractivity contribution < 1.29 is 0 Å². The molecule has 21 heavy (non-hydrogen) atoms. The van der Waals surface area contributed by atoms with E-state index >= 15 is 0 Å². The Morgan fingerprint density at radius 2 is 1.81 bits per heavy atom. The molecule has 0 amide bonds. The SMILES string of the molecule is CC1CN2CCC3(C)c4ccccc4CC2C3(C)C1(C)C. The van der Waals surface area contributed by atoms with Gasteiger partial charge in [0.1, 0.15) is 0 Å². The van der Waals surface area contributed by atoms with Crippen molar-refractivity contribution in [1.29, 1.82) is 0 Å².